The second-order valence-electron chi connectivity index (χ2n) is 5.34. The van der Waals surface area contributed by atoms with Crippen LogP contribution in [0.2, 0.25) is 5.02 Å². The normalized spacial score (nSPS) is 21.7. The molecule has 0 amide bonds. The molecule has 2 heterocycles. The van der Waals surface area contributed by atoms with Gasteiger partial charge in [0.05, 0.1) is 23.5 Å². The molecule has 1 aromatic rings. The summed E-state index contributed by atoms with van der Waals surface area (Å²) >= 11 is 6.08. The summed E-state index contributed by atoms with van der Waals surface area (Å²) in [6, 6.07) is 7.66. The van der Waals surface area contributed by atoms with Gasteiger partial charge in [0.2, 0.25) is 0 Å². The number of halogens is 1. The minimum absolute atomic E-state index is 0.133. The van der Waals surface area contributed by atoms with E-state index in [4.69, 9.17) is 21.1 Å². The van der Waals surface area contributed by atoms with Crippen LogP contribution in [-0.2, 0) is 9.47 Å². The maximum atomic E-state index is 9.27. The Bertz CT molecular complexity index is 530. The highest BCUT2D eigenvalue weighted by Gasteiger charge is 2.38. The zero-order valence-corrected chi connectivity index (χ0v) is 12.0. The Hall–Kier alpha value is -1.28. The van der Waals surface area contributed by atoms with Gasteiger partial charge in [-0.2, -0.15) is 5.26 Å². The molecule has 2 aliphatic rings. The minimum Gasteiger partial charge on any atom is -0.381 e. The average molecular weight is 293 g/mol. The van der Waals surface area contributed by atoms with Gasteiger partial charge >= 0.3 is 0 Å². The number of anilines is 1. The van der Waals surface area contributed by atoms with Crippen molar-refractivity contribution in [3.05, 3.63) is 28.8 Å². The Labute approximate surface area is 123 Å². The Morgan fingerprint density at radius 1 is 1.25 bits per heavy atom. The summed E-state index contributed by atoms with van der Waals surface area (Å²) < 4.78 is 11.5. The van der Waals surface area contributed by atoms with Gasteiger partial charge in [0.15, 0.2) is 0 Å². The first-order chi connectivity index (χ1) is 9.72. The molecule has 2 fully saturated rings. The summed E-state index contributed by atoms with van der Waals surface area (Å²) in [5.41, 5.74) is 1.44. The van der Waals surface area contributed by atoms with E-state index in [2.05, 4.69) is 11.0 Å². The van der Waals surface area contributed by atoms with E-state index < -0.39 is 0 Å². The molecular formula is C15H17ClN2O2. The van der Waals surface area contributed by atoms with Crippen LogP contribution in [0.5, 0.6) is 0 Å². The van der Waals surface area contributed by atoms with Crippen LogP contribution in [0.25, 0.3) is 0 Å². The third-order valence-electron chi connectivity index (χ3n) is 4.07. The van der Waals surface area contributed by atoms with Gasteiger partial charge in [0.1, 0.15) is 6.07 Å². The second-order valence-corrected chi connectivity index (χ2v) is 5.78. The predicted molar refractivity (Wildman–Crippen MR) is 77.1 cm³/mol. The van der Waals surface area contributed by atoms with Gasteiger partial charge in [-0.3, -0.25) is 0 Å². The van der Waals surface area contributed by atoms with Gasteiger partial charge in [-0.15, -0.1) is 0 Å². The summed E-state index contributed by atoms with van der Waals surface area (Å²) in [6.07, 6.45) is 1.82. The van der Waals surface area contributed by atoms with Crippen LogP contribution < -0.4 is 4.90 Å². The van der Waals surface area contributed by atoms with E-state index in [1.165, 1.54) is 0 Å². The Kier molecular flexibility index (Phi) is 3.84. The van der Waals surface area contributed by atoms with Crippen LogP contribution in [-0.4, -0.2) is 38.5 Å². The molecule has 5 heteroatoms. The monoisotopic (exact) mass is 292 g/mol. The summed E-state index contributed by atoms with van der Waals surface area (Å²) in [4.78, 5) is 2.22. The summed E-state index contributed by atoms with van der Waals surface area (Å²) in [7, 11) is 0. The topological polar surface area (TPSA) is 45.5 Å². The first-order valence-corrected chi connectivity index (χ1v) is 7.27. The maximum absolute atomic E-state index is 9.27. The number of nitriles is 1. The lowest BCUT2D eigenvalue weighted by atomic mass is 9.91. The van der Waals surface area contributed by atoms with Crippen molar-refractivity contribution in [1.82, 2.24) is 0 Å². The van der Waals surface area contributed by atoms with Gasteiger partial charge in [0, 0.05) is 44.2 Å². The van der Waals surface area contributed by atoms with Crippen molar-refractivity contribution in [2.24, 2.45) is 0 Å². The highest BCUT2D eigenvalue weighted by molar-refractivity contribution is 6.30. The summed E-state index contributed by atoms with van der Waals surface area (Å²) in [5.74, 6) is 0. The highest BCUT2D eigenvalue weighted by atomic mass is 35.5. The standard InChI is InChI=1S/C15H17ClN2O2/c16-13-2-1-12(10-17)14(9-13)18-5-8-20-15(11-18)3-6-19-7-4-15/h1-2,9H,3-8,11H2. The molecule has 2 aliphatic heterocycles. The Morgan fingerprint density at radius 2 is 2.05 bits per heavy atom. The van der Waals surface area contributed by atoms with Crippen molar-refractivity contribution in [2.45, 2.75) is 18.4 Å². The van der Waals surface area contributed by atoms with Crippen LogP contribution in [0.4, 0.5) is 5.69 Å². The molecule has 0 N–H and O–H groups in total. The van der Waals surface area contributed by atoms with E-state index in [1.807, 2.05) is 6.07 Å². The van der Waals surface area contributed by atoms with E-state index in [1.54, 1.807) is 12.1 Å². The van der Waals surface area contributed by atoms with Gasteiger partial charge in [-0.05, 0) is 18.2 Å². The van der Waals surface area contributed by atoms with Crippen molar-refractivity contribution < 1.29 is 9.47 Å². The molecule has 0 atom stereocenters. The molecule has 106 valence electrons. The van der Waals surface area contributed by atoms with E-state index in [-0.39, 0.29) is 5.60 Å². The maximum Gasteiger partial charge on any atom is 0.101 e. The van der Waals surface area contributed by atoms with Crippen LogP contribution in [0.3, 0.4) is 0 Å². The SMILES string of the molecule is N#Cc1ccc(Cl)cc1N1CCOC2(CCOCC2)C1. The lowest BCUT2D eigenvalue weighted by Gasteiger charge is -2.45. The number of morpholine rings is 1. The number of hydrogen-bond acceptors (Lipinski definition) is 4. The van der Waals surface area contributed by atoms with Crippen molar-refractivity contribution in [2.75, 3.05) is 37.8 Å². The van der Waals surface area contributed by atoms with E-state index >= 15 is 0 Å². The first kappa shape index (κ1) is 13.7. The fraction of sp³-hybridized carbons (Fsp3) is 0.533. The van der Waals surface area contributed by atoms with Gasteiger partial charge in [-0.25, -0.2) is 0 Å². The third-order valence-corrected chi connectivity index (χ3v) is 4.31. The molecule has 0 unspecified atom stereocenters. The molecule has 2 saturated heterocycles. The molecule has 0 aliphatic carbocycles. The summed E-state index contributed by atoms with van der Waals surface area (Å²) in [6.45, 7) is 3.75. The molecule has 1 aromatic carbocycles. The second kappa shape index (κ2) is 5.61. The van der Waals surface area contributed by atoms with Crippen LogP contribution in [0.15, 0.2) is 18.2 Å². The van der Waals surface area contributed by atoms with E-state index in [0.717, 1.165) is 44.8 Å². The van der Waals surface area contributed by atoms with Crippen molar-refractivity contribution >= 4 is 17.3 Å². The van der Waals surface area contributed by atoms with Crippen molar-refractivity contribution in [3.8, 4) is 6.07 Å². The largest absolute Gasteiger partial charge is 0.381 e. The molecule has 0 aromatic heterocycles. The fourth-order valence-electron chi connectivity index (χ4n) is 2.96. The molecule has 4 nitrogen and oxygen atoms in total. The zero-order chi connectivity index (χ0) is 14.0. The Morgan fingerprint density at radius 3 is 2.80 bits per heavy atom. The lowest BCUT2D eigenvalue weighted by molar-refractivity contribution is -0.116. The van der Waals surface area contributed by atoms with Crippen molar-refractivity contribution in [1.29, 1.82) is 5.26 Å². The van der Waals surface area contributed by atoms with Crippen LogP contribution >= 0.6 is 11.6 Å². The van der Waals surface area contributed by atoms with Gasteiger partial charge in [-0.1, -0.05) is 11.6 Å². The van der Waals surface area contributed by atoms with Gasteiger partial charge < -0.3 is 14.4 Å². The molecular weight excluding hydrogens is 276 g/mol. The first-order valence-electron chi connectivity index (χ1n) is 6.89. The number of nitrogens with zero attached hydrogens (tertiary/aromatic N) is 2. The third kappa shape index (κ3) is 2.62. The van der Waals surface area contributed by atoms with Crippen LogP contribution in [0, 0.1) is 11.3 Å². The smallest absolute Gasteiger partial charge is 0.101 e. The number of rotatable bonds is 1. The molecule has 0 saturated carbocycles. The fourth-order valence-corrected chi connectivity index (χ4v) is 3.12. The average Bonchev–Trinajstić information content (AvgIpc) is 2.48. The number of hydrogen-bond donors (Lipinski definition) is 0. The number of ether oxygens (including phenoxy) is 2. The van der Waals surface area contributed by atoms with Crippen LogP contribution in [0.1, 0.15) is 18.4 Å². The minimum atomic E-state index is -0.133. The Balaban J connectivity index is 1.87. The lowest BCUT2D eigenvalue weighted by Crippen LogP contribution is -2.54. The van der Waals surface area contributed by atoms with E-state index in [9.17, 15) is 5.26 Å². The van der Waals surface area contributed by atoms with E-state index in [0.29, 0.717) is 17.2 Å². The quantitative estimate of drug-likeness (QED) is 0.798. The predicted octanol–water partition coefficient (Wildman–Crippen LogP) is 2.60. The number of benzene rings is 1. The molecule has 0 radical (unpaired) electrons. The molecule has 20 heavy (non-hydrogen) atoms. The molecule has 0 bridgehead atoms. The zero-order valence-electron chi connectivity index (χ0n) is 11.3. The van der Waals surface area contributed by atoms with Gasteiger partial charge in [0.25, 0.3) is 0 Å². The molecule has 3 rings (SSSR count). The van der Waals surface area contributed by atoms with Crippen molar-refractivity contribution in [3.63, 3.8) is 0 Å². The highest BCUT2D eigenvalue weighted by Crippen LogP contribution is 2.33. The summed E-state index contributed by atoms with van der Waals surface area (Å²) in [5, 5.41) is 9.93. The molecule has 1 spiro atoms.